The van der Waals surface area contributed by atoms with E-state index < -0.39 is 0 Å². The molecule has 0 bridgehead atoms. The third kappa shape index (κ3) is 2.00. The smallest absolute Gasteiger partial charge is 0.131 e. The molecule has 1 aromatic heterocycles. The van der Waals surface area contributed by atoms with Crippen molar-refractivity contribution in [2.75, 3.05) is 6.54 Å². The van der Waals surface area contributed by atoms with Crippen molar-refractivity contribution in [1.82, 2.24) is 10.3 Å². The lowest BCUT2D eigenvalue weighted by Crippen LogP contribution is -2.39. The van der Waals surface area contributed by atoms with E-state index in [9.17, 15) is 0 Å². The summed E-state index contributed by atoms with van der Waals surface area (Å²) in [7, 11) is 0. The van der Waals surface area contributed by atoms with Gasteiger partial charge in [-0.2, -0.15) is 0 Å². The van der Waals surface area contributed by atoms with Crippen LogP contribution in [-0.4, -0.2) is 17.6 Å². The minimum absolute atomic E-state index is 0.533. The largest absolute Gasteiger partial charge is 0.310 e. The molecule has 0 radical (unpaired) electrons. The molecule has 1 fully saturated rings. The van der Waals surface area contributed by atoms with Crippen molar-refractivity contribution < 1.29 is 0 Å². The molecular weight excluding hydrogens is 232 g/mol. The van der Waals surface area contributed by atoms with E-state index in [4.69, 9.17) is 11.6 Å². The summed E-state index contributed by atoms with van der Waals surface area (Å²) >= 11 is 5.98. The predicted octanol–water partition coefficient (Wildman–Crippen LogP) is 3.20. The number of nitrogens with zero attached hydrogens (tertiary/aromatic N) is 1. The van der Waals surface area contributed by atoms with Crippen LogP contribution in [0.3, 0.4) is 0 Å². The molecule has 2 aliphatic rings. The van der Waals surface area contributed by atoms with Gasteiger partial charge in [-0.3, -0.25) is 0 Å². The third-order valence-corrected chi connectivity index (χ3v) is 4.31. The fraction of sp³-hybridized carbons (Fsp3) is 0.500. The van der Waals surface area contributed by atoms with Gasteiger partial charge in [0.1, 0.15) is 5.15 Å². The summed E-state index contributed by atoms with van der Waals surface area (Å²) in [5.74, 6) is 0.787. The maximum absolute atomic E-state index is 5.98. The van der Waals surface area contributed by atoms with E-state index in [1.54, 1.807) is 0 Å². The fourth-order valence-electron chi connectivity index (χ4n) is 2.99. The van der Waals surface area contributed by atoms with Gasteiger partial charge in [0, 0.05) is 12.2 Å². The van der Waals surface area contributed by atoms with Crippen LogP contribution in [0, 0.1) is 12.8 Å². The molecule has 0 unspecified atom stereocenters. The zero-order valence-corrected chi connectivity index (χ0v) is 10.8. The van der Waals surface area contributed by atoms with Crippen LogP contribution in [0.25, 0.3) is 5.57 Å². The number of allylic oxidation sites excluding steroid dienone is 1. The highest BCUT2D eigenvalue weighted by Gasteiger charge is 2.32. The van der Waals surface area contributed by atoms with E-state index in [1.807, 2.05) is 13.1 Å². The maximum atomic E-state index is 5.98. The number of rotatable bonds is 1. The molecule has 2 nitrogen and oxygen atoms in total. The van der Waals surface area contributed by atoms with Gasteiger partial charge in [0.15, 0.2) is 0 Å². The SMILES string of the molecule is Cc1cc(C2=CC[C@H]3CCCN[C@@H]23)cnc1Cl. The van der Waals surface area contributed by atoms with Crippen LogP contribution >= 0.6 is 11.6 Å². The van der Waals surface area contributed by atoms with Gasteiger partial charge in [-0.05, 0) is 61.4 Å². The Morgan fingerprint density at radius 3 is 3.18 bits per heavy atom. The van der Waals surface area contributed by atoms with E-state index in [1.165, 1.54) is 30.4 Å². The summed E-state index contributed by atoms with van der Waals surface area (Å²) in [6, 6.07) is 2.69. The number of piperidine rings is 1. The van der Waals surface area contributed by atoms with Crippen molar-refractivity contribution >= 4 is 17.2 Å². The summed E-state index contributed by atoms with van der Waals surface area (Å²) in [5, 5.41) is 4.25. The Balaban J connectivity index is 1.91. The standard InChI is InChI=1S/C14H17ClN2/c1-9-7-11(8-17-14(9)15)12-5-4-10-3-2-6-16-13(10)12/h5,7-8,10,13,16H,2-4,6H2,1H3/t10-,13-/m1/s1. The Hall–Kier alpha value is -0.860. The van der Waals surface area contributed by atoms with E-state index in [0.29, 0.717) is 11.2 Å². The molecule has 0 saturated carbocycles. The fourth-order valence-corrected chi connectivity index (χ4v) is 3.10. The lowest BCUT2D eigenvalue weighted by Gasteiger charge is -2.29. The Bertz CT molecular complexity index is 467. The van der Waals surface area contributed by atoms with Crippen molar-refractivity contribution in [2.45, 2.75) is 32.2 Å². The molecule has 0 spiro atoms. The molecule has 3 rings (SSSR count). The molecule has 3 heteroatoms. The number of aromatic nitrogens is 1. The van der Waals surface area contributed by atoms with Gasteiger partial charge in [0.05, 0.1) is 0 Å². The molecule has 0 amide bonds. The van der Waals surface area contributed by atoms with Crippen LogP contribution in [0.1, 0.15) is 30.4 Å². The van der Waals surface area contributed by atoms with Gasteiger partial charge < -0.3 is 5.32 Å². The molecular formula is C14H17ClN2. The molecule has 90 valence electrons. The van der Waals surface area contributed by atoms with Crippen LogP contribution in [0.2, 0.25) is 5.15 Å². The maximum Gasteiger partial charge on any atom is 0.131 e. The topological polar surface area (TPSA) is 24.9 Å². The minimum atomic E-state index is 0.533. The van der Waals surface area contributed by atoms with Gasteiger partial charge in [-0.25, -0.2) is 4.98 Å². The zero-order valence-electron chi connectivity index (χ0n) is 10.0. The van der Waals surface area contributed by atoms with Crippen molar-refractivity contribution in [2.24, 2.45) is 5.92 Å². The summed E-state index contributed by atoms with van der Waals surface area (Å²) < 4.78 is 0. The number of halogens is 1. The zero-order chi connectivity index (χ0) is 11.8. The quantitative estimate of drug-likeness (QED) is 0.772. The summed E-state index contributed by atoms with van der Waals surface area (Å²) in [6.07, 6.45) is 8.13. The lowest BCUT2D eigenvalue weighted by molar-refractivity contribution is 0.346. The second-order valence-electron chi connectivity index (χ2n) is 5.06. The minimum Gasteiger partial charge on any atom is -0.310 e. The second-order valence-corrected chi connectivity index (χ2v) is 5.42. The van der Waals surface area contributed by atoms with E-state index >= 15 is 0 Å². The number of hydrogen-bond donors (Lipinski definition) is 1. The van der Waals surface area contributed by atoms with E-state index in [2.05, 4.69) is 22.4 Å². The predicted molar refractivity (Wildman–Crippen MR) is 71.1 cm³/mol. The van der Waals surface area contributed by atoms with E-state index in [0.717, 1.165) is 18.0 Å². The first-order valence-electron chi connectivity index (χ1n) is 6.31. The van der Waals surface area contributed by atoms with Gasteiger partial charge >= 0.3 is 0 Å². The van der Waals surface area contributed by atoms with Gasteiger partial charge in [-0.1, -0.05) is 17.7 Å². The highest BCUT2D eigenvalue weighted by Crippen LogP contribution is 2.37. The Labute approximate surface area is 107 Å². The average molecular weight is 249 g/mol. The second kappa shape index (κ2) is 4.43. The molecule has 1 aromatic rings. The molecule has 2 heterocycles. The van der Waals surface area contributed by atoms with Crippen LogP contribution in [0.5, 0.6) is 0 Å². The number of fused-ring (bicyclic) bond motifs is 1. The Morgan fingerprint density at radius 1 is 1.47 bits per heavy atom. The molecule has 1 N–H and O–H groups in total. The molecule has 2 atom stereocenters. The highest BCUT2D eigenvalue weighted by atomic mass is 35.5. The van der Waals surface area contributed by atoms with Crippen molar-refractivity contribution in [3.05, 3.63) is 34.6 Å². The lowest BCUT2D eigenvalue weighted by atomic mass is 9.88. The van der Waals surface area contributed by atoms with Gasteiger partial charge in [0.25, 0.3) is 0 Å². The number of nitrogens with one attached hydrogen (secondary N) is 1. The van der Waals surface area contributed by atoms with Crippen LogP contribution in [-0.2, 0) is 0 Å². The Morgan fingerprint density at radius 2 is 2.35 bits per heavy atom. The first kappa shape index (κ1) is 11.2. The molecule has 1 aliphatic heterocycles. The first-order valence-corrected chi connectivity index (χ1v) is 6.69. The van der Waals surface area contributed by atoms with Crippen molar-refractivity contribution in [3.63, 3.8) is 0 Å². The molecule has 1 saturated heterocycles. The van der Waals surface area contributed by atoms with Crippen molar-refractivity contribution in [1.29, 1.82) is 0 Å². The normalized spacial score (nSPS) is 27.8. The van der Waals surface area contributed by atoms with Crippen LogP contribution < -0.4 is 5.32 Å². The molecule has 1 aliphatic carbocycles. The van der Waals surface area contributed by atoms with Crippen LogP contribution in [0.15, 0.2) is 18.3 Å². The van der Waals surface area contributed by atoms with Gasteiger partial charge in [0.2, 0.25) is 0 Å². The summed E-state index contributed by atoms with van der Waals surface area (Å²) in [4.78, 5) is 4.26. The van der Waals surface area contributed by atoms with Crippen molar-refractivity contribution in [3.8, 4) is 0 Å². The monoisotopic (exact) mass is 248 g/mol. The van der Waals surface area contributed by atoms with Gasteiger partial charge in [-0.15, -0.1) is 0 Å². The highest BCUT2D eigenvalue weighted by molar-refractivity contribution is 6.30. The number of pyridine rings is 1. The number of hydrogen-bond acceptors (Lipinski definition) is 2. The number of aryl methyl sites for hydroxylation is 1. The summed E-state index contributed by atoms with van der Waals surface area (Å²) in [6.45, 7) is 3.15. The van der Waals surface area contributed by atoms with Crippen LogP contribution in [0.4, 0.5) is 0 Å². The van der Waals surface area contributed by atoms with E-state index in [-0.39, 0.29) is 0 Å². The average Bonchev–Trinajstić information content (AvgIpc) is 2.76. The Kier molecular flexibility index (Phi) is 2.93. The molecule has 17 heavy (non-hydrogen) atoms. The molecule has 0 aromatic carbocycles. The first-order chi connectivity index (χ1) is 8.25. The summed E-state index contributed by atoms with van der Waals surface area (Å²) in [5.41, 5.74) is 3.71. The third-order valence-electron chi connectivity index (χ3n) is 3.91.